The zero-order chi connectivity index (χ0) is 17.4. The van der Waals surface area contributed by atoms with Gasteiger partial charge >= 0.3 is 0 Å². The second kappa shape index (κ2) is 10.2. The SMILES string of the molecule is CCN1CCCC1CNC(N)=NCC(CC(C)C)N1CCOCC1. The van der Waals surface area contributed by atoms with Crippen molar-refractivity contribution < 1.29 is 4.74 Å². The lowest BCUT2D eigenvalue weighted by atomic mass is 10.0. The van der Waals surface area contributed by atoms with Crippen molar-refractivity contribution in [1.29, 1.82) is 0 Å². The predicted octanol–water partition coefficient (Wildman–Crippen LogP) is 1.12. The Balaban J connectivity index is 1.80. The third-order valence-electron chi connectivity index (χ3n) is 5.20. The fourth-order valence-corrected chi connectivity index (χ4v) is 3.85. The lowest BCUT2D eigenvalue weighted by Gasteiger charge is -2.34. The molecule has 24 heavy (non-hydrogen) atoms. The molecule has 6 nitrogen and oxygen atoms in total. The van der Waals surface area contributed by atoms with Gasteiger partial charge in [-0.1, -0.05) is 20.8 Å². The fourth-order valence-electron chi connectivity index (χ4n) is 3.85. The minimum atomic E-state index is 0.466. The molecule has 2 fully saturated rings. The van der Waals surface area contributed by atoms with Crippen LogP contribution in [0.2, 0.25) is 0 Å². The van der Waals surface area contributed by atoms with E-state index in [0.29, 0.717) is 24.0 Å². The van der Waals surface area contributed by atoms with Gasteiger partial charge in [-0.15, -0.1) is 0 Å². The van der Waals surface area contributed by atoms with Crippen LogP contribution in [0.5, 0.6) is 0 Å². The molecule has 2 aliphatic rings. The van der Waals surface area contributed by atoms with E-state index in [0.717, 1.165) is 52.4 Å². The Morgan fingerprint density at radius 1 is 1.29 bits per heavy atom. The molecule has 3 N–H and O–H groups in total. The Kier molecular flexibility index (Phi) is 8.29. The van der Waals surface area contributed by atoms with Gasteiger partial charge in [0.2, 0.25) is 0 Å². The number of nitrogens with zero attached hydrogens (tertiary/aromatic N) is 3. The maximum Gasteiger partial charge on any atom is 0.188 e. The van der Waals surface area contributed by atoms with E-state index in [4.69, 9.17) is 10.5 Å². The van der Waals surface area contributed by atoms with Crippen LogP contribution in [0, 0.1) is 5.92 Å². The monoisotopic (exact) mass is 339 g/mol. The van der Waals surface area contributed by atoms with Crippen molar-refractivity contribution in [2.45, 2.75) is 52.1 Å². The van der Waals surface area contributed by atoms with E-state index >= 15 is 0 Å². The van der Waals surface area contributed by atoms with Gasteiger partial charge in [-0.05, 0) is 38.3 Å². The quantitative estimate of drug-likeness (QED) is 0.512. The predicted molar refractivity (Wildman–Crippen MR) is 100 cm³/mol. The molecule has 2 unspecified atom stereocenters. The Morgan fingerprint density at radius 3 is 2.71 bits per heavy atom. The zero-order valence-electron chi connectivity index (χ0n) is 15.8. The van der Waals surface area contributed by atoms with Crippen molar-refractivity contribution >= 4 is 5.96 Å². The van der Waals surface area contributed by atoms with Crippen LogP contribution in [-0.2, 0) is 4.74 Å². The molecule has 0 aliphatic carbocycles. The number of hydrogen-bond donors (Lipinski definition) is 2. The van der Waals surface area contributed by atoms with Crippen LogP contribution in [0.3, 0.4) is 0 Å². The van der Waals surface area contributed by atoms with Crippen molar-refractivity contribution in [3.05, 3.63) is 0 Å². The van der Waals surface area contributed by atoms with E-state index < -0.39 is 0 Å². The standard InChI is InChI=1S/C18H37N5O/c1-4-22-7-5-6-16(22)13-20-18(19)21-14-17(12-15(2)3)23-8-10-24-11-9-23/h15-17H,4-14H2,1-3H3,(H3,19,20,21). The molecule has 0 amide bonds. The molecule has 0 aromatic rings. The fraction of sp³-hybridized carbons (Fsp3) is 0.944. The van der Waals surface area contributed by atoms with E-state index in [1.807, 2.05) is 0 Å². The number of likely N-dealkylation sites (N-methyl/N-ethyl adjacent to an activating group) is 1. The van der Waals surface area contributed by atoms with Crippen molar-refractivity contribution in [2.75, 3.05) is 52.5 Å². The molecular formula is C18H37N5O. The highest BCUT2D eigenvalue weighted by atomic mass is 16.5. The lowest BCUT2D eigenvalue weighted by Crippen LogP contribution is -2.46. The molecule has 2 heterocycles. The summed E-state index contributed by atoms with van der Waals surface area (Å²) in [7, 11) is 0. The number of aliphatic imine (C=N–C) groups is 1. The van der Waals surface area contributed by atoms with Gasteiger partial charge in [0, 0.05) is 31.7 Å². The minimum absolute atomic E-state index is 0.466. The molecule has 0 bridgehead atoms. The van der Waals surface area contributed by atoms with Crippen LogP contribution < -0.4 is 11.1 Å². The van der Waals surface area contributed by atoms with Gasteiger partial charge in [0.1, 0.15) is 0 Å². The highest BCUT2D eigenvalue weighted by Gasteiger charge is 2.23. The van der Waals surface area contributed by atoms with Crippen molar-refractivity contribution in [1.82, 2.24) is 15.1 Å². The van der Waals surface area contributed by atoms with Crippen LogP contribution >= 0.6 is 0 Å². The van der Waals surface area contributed by atoms with Crippen molar-refractivity contribution in [3.63, 3.8) is 0 Å². The Bertz CT molecular complexity index is 382. The van der Waals surface area contributed by atoms with Crippen LogP contribution in [0.15, 0.2) is 4.99 Å². The maximum absolute atomic E-state index is 6.12. The van der Waals surface area contributed by atoms with E-state index in [2.05, 4.69) is 40.9 Å². The second-order valence-corrected chi connectivity index (χ2v) is 7.46. The Labute approximate surface area is 147 Å². The van der Waals surface area contributed by atoms with Gasteiger partial charge in [-0.25, -0.2) is 0 Å². The van der Waals surface area contributed by atoms with Gasteiger partial charge in [0.15, 0.2) is 5.96 Å². The first kappa shape index (κ1) is 19.5. The van der Waals surface area contributed by atoms with Crippen LogP contribution in [0.4, 0.5) is 0 Å². The summed E-state index contributed by atoms with van der Waals surface area (Å²) >= 11 is 0. The number of guanidine groups is 1. The summed E-state index contributed by atoms with van der Waals surface area (Å²) in [5, 5.41) is 3.34. The smallest absolute Gasteiger partial charge is 0.188 e. The summed E-state index contributed by atoms with van der Waals surface area (Å²) in [5.41, 5.74) is 6.12. The zero-order valence-corrected chi connectivity index (χ0v) is 15.8. The summed E-state index contributed by atoms with van der Waals surface area (Å²) in [4.78, 5) is 9.68. The highest BCUT2D eigenvalue weighted by molar-refractivity contribution is 5.77. The lowest BCUT2D eigenvalue weighted by molar-refractivity contribution is 0.0143. The first-order valence-corrected chi connectivity index (χ1v) is 9.69. The molecule has 6 heteroatoms. The summed E-state index contributed by atoms with van der Waals surface area (Å²) in [6.07, 6.45) is 3.71. The average molecular weight is 340 g/mol. The van der Waals surface area contributed by atoms with Crippen LogP contribution in [0.25, 0.3) is 0 Å². The minimum Gasteiger partial charge on any atom is -0.379 e. The van der Waals surface area contributed by atoms with Gasteiger partial charge in [-0.2, -0.15) is 0 Å². The maximum atomic E-state index is 6.12. The van der Waals surface area contributed by atoms with Crippen LogP contribution in [0.1, 0.15) is 40.0 Å². The Morgan fingerprint density at radius 2 is 2.04 bits per heavy atom. The van der Waals surface area contributed by atoms with E-state index in [9.17, 15) is 0 Å². The third-order valence-corrected chi connectivity index (χ3v) is 5.20. The summed E-state index contributed by atoms with van der Waals surface area (Å²) < 4.78 is 5.48. The van der Waals surface area contributed by atoms with E-state index in [1.165, 1.54) is 19.4 Å². The van der Waals surface area contributed by atoms with Crippen molar-refractivity contribution in [3.8, 4) is 0 Å². The molecular weight excluding hydrogens is 302 g/mol. The molecule has 0 radical (unpaired) electrons. The number of rotatable bonds is 8. The molecule has 0 aromatic heterocycles. The average Bonchev–Trinajstić information content (AvgIpc) is 3.04. The molecule has 0 aromatic carbocycles. The number of nitrogens with two attached hydrogens (primary N) is 1. The van der Waals surface area contributed by atoms with Gasteiger partial charge in [-0.3, -0.25) is 14.8 Å². The molecule has 2 atom stereocenters. The number of morpholine rings is 1. The van der Waals surface area contributed by atoms with Gasteiger partial charge < -0.3 is 15.8 Å². The molecule has 0 saturated carbocycles. The normalized spacial score (nSPS) is 25.3. The van der Waals surface area contributed by atoms with Gasteiger partial charge in [0.25, 0.3) is 0 Å². The highest BCUT2D eigenvalue weighted by Crippen LogP contribution is 2.16. The number of nitrogens with one attached hydrogen (secondary N) is 1. The first-order chi connectivity index (χ1) is 11.6. The van der Waals surface area contributed by atoms with E-state index in [1.54, 1.807) is 0 Å². The third kappa shape index (κ3) is 6.22. The largest absolute Gasteiger partial charge is 0.379 e. The molecule has 2 aliphatic heterocycles. The molecule has 140 valence electrons. The molecule has 0 spiro atoms. The summed E-state index contributed by atoms with van der Waals surface area (Å²) in [6, 6.07) is 1.07. The topological polar surface area (TPSA) is 66.1 Å². The summed E-state index contributed by atoms with van der Waals surface area (Å²) in [5.74, 6) is 1.26. The molecule has 2 rings (SSSR count). The number of ether oxygens (including phenoxy) is 1. The first-order valence-electron chi connectivity index (χ1n) is 9.69. The second-order valence-electron chi connectivity index (χ2n) is 7.46. The number of likely N-dealkylation sites (tertiary alicyclic amines) is 1. The molecule has 2 saturated heterocycles. The van der Waals surface area contributed by atoms with Gasteiger partial charge in [0.05, 0.1) is 19.8 Å². The van der Waals surface area contributed by atoms with Crippen molar-refractivity contribution in [2.24, 2.45) is 16.6 Å². The summed E-state index contributed by atoms with van der Waals surface area (Å²) in [6.45, 7) is 14.5. The van der Waals surface area contributed by atoms with Crippen LogP contribution in [-0.4, -0.2) is 80.3 Å². The number of hydrogen-bond acceptors (Lipinski definition) is 4. The van der Waals surface area contributed by atoms with E-state index in [-0.39, 0.29) is 0 Å². The Hall–Kier alpha value is -0.850.